The second-order valence-corrected chi connectivity index (χ2v) is 7.08. The molecular weight excluding hydrogens is 350 g/mol. The molecule has 26 heavy (non-hydrogen) atoms. The van der Waals surface area contributed by atoms with Gasteiger partial charge >= 0.3 is 0 Å². The van der Waals surface area contributed by atoms with Crippen LogP contribution >= 0.6 is 11.8 Å². The summed E-state index contributed by atoms with van der Waals surface area (Å²) >= 11 is 1.23. The zero-order valence-corrected chi connectivity index (χ0v) is 14.9. The van der Waals surface area contributed by atoms with Crippen molar-refractivity contribution in [3.63, 3.8) is 0 Å². The third-order valence-electron chi connectivity index (χ3n) is 4.32. The lowest BCUT2D eigenvalue weighted by atomic mass is 10.1. The highest BCUT2D eigenvalue weighted by atomic mass is 32.2. The smallest absolute Gasteiger partial charge is 0.277 e. The summed E-state index contributed by atoms with van der Waals surface area (Å²) in [5.74, 6) is 0.792. The Bertz CT molecular complexity index is 939. The second kappa shape index (κ2) is 6.84. The van der Waals surface area contributed by atoms with Crippen LogP contribution < -0.4 is 4.90 Å². The van der Waals surface area contributed by atoms with Crippen LogP contribution in [0.1, 0.15) is 12.5 Å². The van der Waals surface area contributed by atoms with Crippen molar-refractivity contribution in [1.82, 2.24) is 10.2 Å². The van der Waals surface area contributed by atoms with Crippen LogP contribution in [0.5, 0.6) is 5.75 Å². The molecule has 1 aliphatic heterocycles. The predicted molar refractivity (Wildman–Crippen MR) is 99.2 cm³/mol. The maximum absolute atomic E-state index is 12.7. The minimum atomic E-state index is 0.0248. The Kier molecular flexibility index (Phi) is 4.38. The van der Waals surface area contributed by atoms with E-state index in [9.17, 15) is 9.90 Å². The molecule has 0 fully saturated rings. The third kappa shape index (κ3) is 3.17. The van der Waals surface area contributed by atoms with Crippen LogP contribution in [0.15, 0.2) is 58.2 Å². The van der Waals surface area contributed by atoms with Crippen molar-refractivity contribution in [1.29, 1.82) is 0 Å². The number of carbonyl (C=O) groups excluding carboxylic acids is 1. The number of fused-ring (bicyclic) bond motifs is 1. The van der Waals surface area contributed by atoms with Gasteiger partial charge in [-0.25, -0.2) is 0 Å². The first-order valence-corrected chi connectivity index (χ1v) is 9.26. The highest BCUT2D eigenvalue weighted by Crippen LogP contribution is 2.33. The number of thioether (sulfide) groups is 1. The van der Waals surface area contributed by atoms with E-state index in [0.29, 0.717) is 11.1 Å². The third-order valence-corrected chi connectivity index (χ3v) is 5.12. The molecule has 2 heterocycles. The van der Waals surface area contributed by atoms with Gasteiger partial charge in [-0.05, 0) is 49.2 Å². The van der Waals surface area contributed by atoms with Crippen LogP contribution in [-0.2, 0) is 11.2 Å². The molecule has 1 aromatic heterocycles. The van der Waals surface area contributed by atoms with E-state index in [0.717, 1.165) is 17.7 Å². The number of aromatic hydroxyl groups is 1. The van der Waals surface area contributed by atoms with Crippen LogP contribution in [0.3, 0.4) is 0 Å². The monoisotopic (exact) mass is 367 g/mol. The van der Waals surface area contributed by atoms with E-state index < -0.39 is 0 Å². The molecule has 2 aromatic carbocycles. The van der Waals surface area contributed by atoms with E-state index in [1.807, 2.05) is 23.1 Å². The fourth-order valence-corrected chi connectivity index (χ4v) is 3.75. The predicted octanol–water partition coefficient (Wildman–Crippen LogP) is 3.51. The van der Waals surface area contributed by atoms with Crippen molar-refractivity contribution in [2.24, 2.45) is 0 Å². The first-order valence-electron chi connectivity index (χ1n) is 8.27. The Balaban J connectivity index is 1.43. The number of hydrogen-bond acceptors (Lipinski definition) is 6. The van der Waals surface area contributed by atoms with Crippen molar-refractivity contribution < 1.29 is 14.3 Å². The van der Waals surface area contributed by atoms with Crippen LogP contribution in [0.4, 0.5) is 5.69 Å². The summed E-state index contributed by atoms with van der Waals surface area (Å²) in [6, 6.07) is 14.7. The standard InChI is InChI=1S/C19H17N3O3S/c1-12-10-14-4-2-3-5-16(14)22(12)17(24)11-26-19-21-20-18(25-19)13-6-8-15(23)9-7-13/h2-9,12,23H,10-11H2,1H3. The number of phenolic OH excluding ortho intramolecular Hbond substituents is 1. The lowest BCUT2D eigenvalue weighted by molar-refractivity contribution is -0.116. The molecule has 1 amide bonds. The van der Waals surface area contributed by atoms with Crippen molar-refractivity contribution in [2.75, 3.05) is 10.7 Å². The van der Waals surface area contributed by atoms with E-state index >= 15 is 0 Å². The maximum atomic E-state index is 12.7. The molecule has 0 spiro atoms. The van der Waals surface area contributed by atoms with E-state index in [2.05, 4.69) is 23.2 Å². The average Bonchev–Trinajstić information content (AvgIpc) is 3.24. The molecule has 0 bridgehead atoms. The molecule has 1 unspecified atom stereocenters. The zero-order chi connectivity index (χ0) is 18.1. The fraction of sp³-hybridized carbons (Fsp3) is 0.211. The number of amides is 1. The van der Waals surface area contributed by atoms with Crippen LogP contribution in [0, 0.1) is 0 Å². The summed E-state index contributed by atoms with van der Waals surface area (Å²) in [5, 5.41) is 17.7. The minimum Gasteiger partial charge on any atom is -0.508 e. The molecule has 1 aliphatic rings. The van der Waals surface area contributed by atoms with Crippen LogP contribution in [0.25, 0.3) is 11.5 Å². The summed E-state index contributed by atoms with van der Waals surface area (Å²) in [4.78, 5) is 14.5. The normalized spacial score (nSPS) is 15.9. The summed E-state index contributed by atoms with van der Waals surface area (Å²) in [6.45, 7) is 2.05. The number of carbonyl (C=O) groups is 1. The van der Waals surface area contributed by atoms with Gasteiger partial charge < -0.3 is 14.4 Å². The SMILES string of the molecule is CC1Cc2ccccc2N1C(=O)CSc1nnc(-c2ccc(O)cc2)o1. The van der Waals surface area contributed by atoms with Crippen molar-refractivity contribution in [2.45, 2.75) is 24.6 Å². The molecular formula is C19H17N3O3S. The van der Waals surface area contributed by atoms with Crippen molar-refractivity contribution in [3.05, 3.63) is 54.1 Å². The van der Waals surface area contributed by atoms with E-state index in [1.165, 1.54) is 17.3 Å². The molecule has 0 radical (unpaired) electrons. The van der Waals surface area contributed by atoms with Gasteiger partial charge in [-0.2, -0.15) is 0 Å². The number of nitrogens with zero attached hydrogens (tertiary/aromatic N) is 3. The van der Waals surface area contributed by atoms with Gasteiger partial charge in [0.25, 0.3) is 5.22 Å². The number of para-hydroxylation sites is 1. The zero-order valence-electron chi connectivity index (χ0n) is 14.1. The number of benzene rings is 2. The number of anilines is 1. The summed E-state index contributed by atoms with van der Waals surface area (Å²) in [6.07, 6.45) is 0.873. The summed E-state index contributed by atoms with van der Waals surface area (Å²) in [7, 11) is 0. The van der Waals surface area contributed by atoms with Crippen LogP contribution in [-0.4, -0.2) is 33.0 Å². The fourth-order valence-electron chi connectivity index (χ4n) is 3.13. The molecule has 1 atom stereocenters. The minimum absolute atomic E-state index is 0.0248. The van der Waals surface area contributed by atoms with Crippen LogP contribution in [0.2, 0.25) is 0 Å². The van der Waals surface area contributed by atoms with Gasteiger partial charge in [-0.1, -0.05) is 30.0 Å². The van der Waals surface area contributed by atoms with Gasteiger partial charge in [0.1, 0.15) is 5.75 Å². The first kappa shape index (κ1) is 16.7. The van der Waals surface area contributed by atoms with Gasteiger partial charge in [0.2, 0.25) is 11.8 Å². The molecule has 1 N–H and O–H groups in total. The Morgan fingerprint density at radius 2 is 2.00 bits per heavy atom. The van der Waals surface area contributed by atoms with E-state index in [1.54, 1.807) is 24.3 Å². The highest BCUT2D eigenvalue weighted by Gasteiger charge is 2.30. The van der Waals surface area contributed by atoms with Gasteiger partial charge in [-0.3, -0.25) is 4.79 Å². The number of aromatic nitrogens is 2. The molecule has 4 rings (SSSR count). The molecule has 0 saturated heterocycles. The molecule has 7 heteroatoms. The summed E-state index contributed by atoms with van der Waals surface area (Å²) < 4.78 is 5.61. The Hall–Kier alpha value is -2.80. The van der Waals surface area contributed by atoms with Gasteiger partial charge in [-0.15, -0.1) is 10.2 Å². The first-order chi connectivity index (χ1) is 12.6. The van der Waals surface area contributed by atoms with Gasteiger partial charge in [0.15, 0.2) is 0 Å². The van der Waals surface area contributed by atoms with E-state index in [-0.39, 0.29) is 23.5 Å². The van der Waals surface area contributed by atoms with Crippen molar-refractivity contribution >= 4 is 23.4 Å². The lowest BCUT2D eigenvalue weighted by Crippen LogP contribution is -2.36. The molecule has 6 nitrogen and oxygen atoms in total. The van der Waals surface area contributed by atoms with E-state index in [4.69, 9.17) is 4.42 Å². The molecule has 132 valence electrons. The topological polar surface area (TPSA) is 79.5 Å². The quantitative estimate of drug-likeness (QED) is 0.711. The highest BCUT2D eigenvalue weighted by molar-refractivity contribution is 7.99. The van der Waals surface area contributed by atoms with Crippen molar-refractivity contribution in [3.8, 4) is 17.2 Å². The lowest BCUT2D eigenvalue weighted by Gasteiger charge is -2.22. The Labute approximate surface area is 154 Å². The largest absolute Gasteiger partial charge is 0.508 e. The molecule has 3 aromatic rings. The maximum Gasteiger partial charge on any atom is 0.277 e. The Morgan fingerprint density at radius 3 is 2.81 bits per heavy atom. The summed E-state index contributed by atoms with van der Waals surface area (Å²) in [5.41, 5.74) is 2.90. The molecule has 0 aliphatic carbocycles. The number of hydrogen-bond donors (Lipinski definition) is 1. The Morgan fingerprint density at radius 1 is 1.23 bits per heavy atom. The van der Waals surface area contributed by atoms with Gasteiger partial charge in [0, 0.05) is 17.3 Å². The second-order valence-electron chi connectivity index (χ2n) is 6.15. The average molecular weight is 367 g/mol. The number of phenols is 1. The van der Waals surface area contributed by atoms with Gasteiger partial charge in [0.05, 0.1) is 5.75 Å². The molecule has 0 saturated carbocycles. The number of rotatable bonds is 4.